The summed E-state index contributed by atoms with van der Waals surface area (Å²) in [5.41, 5.74) is 2.70. The summed E-state index contributed by atoms with van der Waals surface area (Å²) < 4.78 is 23.2. The first kappa shape index (κ1) is 32.8. The van der Waals surface area contributed by atoms with E-state index in [-0.39, 0.29) is 16.5 Å². The molecule has 1 aromatic heterocycles. The van der Waals surface area contributed by atoms with Crippen molar-refractivity contribution in [2.75, 3.05) is 10.6 Å². The molecule has 5 aromatic rings. The molecule has 4 aromatic carbocycles. The Morgan fingerprint density at radius 3 is 1.98 bits per heavy atom. The van der Waals surface area contributed by atoms with Crippen LogP contribution in [-0.4, -0.2) is 31.1 Å². The van der Waals surface area contributed by atoms with Crippen molar-refractivity contribution >= 4 is 57.0 Å². The average Bonchev–Trinajstić information content (AvgIpc) is 3.08. The molecule has 1 unspecified atom stereocenters. The molecule has 0 spiro atoms. The fraction of sp³-hybridized carbons (Fsp3) is 0.0286. The van der Waals surface area contributed by atoms with E-state index in [0.717, 1.165) is 10.5 Å². The molecule has 0 fully saturated rings. The number of pyridine rings is 1. The number of primary sulfonamides is 1. The van der Waals surface area contributed by atoms with Gasteiger partial charge in [-0.1, -0.05) is 54.6 Å². The van der Waals surface area contributed by atoms with Crippen LogP contribution in [0, 0.1) is 0 Å². The van der Waals surface area contributed by atoms with E-state index in [1.807, 2.05) is 30.3 Å². The predicted molar refractivity (Wildman–Crippen MR) is 183 cm³/mol. The Morgan fingerprint density at radius 1 is 0.745 bits per heavy atom. The Labute approximate surface area is 276 Å². The highest BCUT2D eigenvalue weighted by Gasteiger charge is 2.23. The SMILES string of the molecule is NS(=O)(=O)c1ccc(NC(=O)C(Sc2ccc(NC(=O)/C(=C/c3cccnc3)NC(=O)c3ccccc3)cc2)c2ccccc2)cc1. The van der Waals surface area contributed by atoms with Crippen molar-refractivity contribution in [3.8, 4) is 0 Å². The summed E-state index contributed by atoms with van der Waals surface area (Å²) >= 11 is 1.30. The van der Waals surface area contributed by atoms with Gasteiger partial charge in [0.2, 0.25) is 15.9 Å². The number of hydrogen-bond donors (Lipinski definition) is 4. The van der Waals surface area contributed by atoms with Gasteiger partial charge in [0.25, 0.3) is 11.8 Å². The first-order chi connectivity index (χ1) is 22.7. The maximum Gasteiger partial charge on any atom is 0.272 e. The number of carbonyl (C=O) groups excluding carboxylic acids is 3. The molecule has 0 radical (unpaired) electrons. The number of nitrogens with two attached hydrogens (primary N) is 1. The Hall–Kier alpha value is -5.56. The van der Waals surface area contributed by atoms with Gasteiger partial charge in [-0.25, -0.2) is 13.6 Å². The van der Waals surface area contributed by atoms with Gasteiger partial charge in [-0.3, -0.25) is 19.4 Å². The second kappa shape index (κ2) is 15.1. The molecular formula is C35H29N5O5S2. The normalized spacial score (nSPS) is 12.1. The van der Waals surface area contributed by atoms with E-state index in [1.165, 1.54) is 36.0 Å². The standard InChI is InChI=1S/C35H29N5O5S2/c36-47(44,45)30-19-15-28(16-20-30)39-35(43)32(25-9-3-1-4-10-25)46-29-17-13-27(14-18-29)38-34(42)31(22-24-8-7-21-37-23-24)40-33(41)26-11-5-2-6-12-26/h1-23,32H,(H,38,42)(H,39,43)(H,40,41)(H2,36,44,45)/b31-22-. The molecule has 0 saturated heterocycles. The number of hydrogen-bond acceptors (Lipinski definition) is 7. The number of nitrogens with one attached hydrogen (secondary N) is 3. The van der Waals surface area contributed by atoms with E-state index in [0.29, 0.717) is 22.5 Å². The van der Waals surface area contributed by atoms with Gasteiger partial charge < -0.3 is 16.0 Å². The Kier molecular flexibility index (Phi) is 10.6. The van der Waals surface area contributed by atoms with Gasteiger partial charge in [0.1, 0.15) is 10.9 Å². The van der Waals surface area contributed by atoms with Gasteiger partial charge in [-0.05, 0) is 83.9 Å². The van der Waals surface area contributed by atoms with E-state index in [2.05, 4.69) is 20.9 Å². The van der Waals surface area contributed by atoms with Crippen LogP contribution < -0.4 is 21.1 Å². The van der Waals surface area contributed by atoms with Gasteiger partial charge in [-0.2, -0.15) is 0 Å². The minimum absolute atomic E-state index is 0.0308. The minimum Gasteiger partial charge on any atom is -0.325 e. The monoisotopic (exact) mass is 663 g/mol. The number of rotatable bonds is 11. The lowest BCUT2D eigenvalue weighted by Crippen LogP contribution is -2.30. The molecule has 0 aliphatic carbocycles. The number of anilines is 2. The lowest BCUT2D eigenvalue weighted by Gasteiger charge is -2.18. The quantitative estimate of drug-likeness (QED) is 0.106. The van der Waals surface area contributed by atoms with Gasteiger partial charge in [-0.15, -0.1) is 11.8 Å². The number of nitrogens with zero attached hydrogens (tertiary/aromatic N) is 1. The highest BCUT2D eigenvalue weighted by molar-refractivity contribution is 8.00. The zero-order valence-corrected chi connectivity index (χ0v) is 26.4. The molecule has 3 amide bonds. The Bertz CT molecular complexity index is 1990. The van der Waals surface area contributed by atoms with Crippen molar-refractivity contribution in [2.24, 2.45) is 5.14 Å². The molecular weight excluding hydrogens is 635 g/mol. The number of aromatic nitrogens is 1. The molecule has 5 rings (SSSR count). The maximum atomic E-state index is 13.5. The first-order valence-corrected chi connectivity index (χ1v) is 16.6. The van der Waals surface area contributed by atoms with Gasteiger partial charge in [0.15, 0.2) is 0 Å². The van der Waals surface area contributed by atoms with Crippen LogP contribution in [0.15, 0.2) is 149 Å². The van der Waals surface area contributed by atoms with Crippen molar-refractivity contribution in [3.63, 3.8) is 0 Å². The molecule has 1 heterocycles. The predicted octanol–water partition coefficient (Wildman–Crippen LogP) is 5.61. The third-order valence-corrected chi connectivity index (χ3v) is 8.88. The van der Waals surface area contributed by atoms with Gasteiger partial charge >= 0.3 is 0 Å². The fourth-order valence-corrected chi connectivity index (χ4v) is 5.90. The molecule has 0 aliphatic rings. The lowest BCUT2D eigenvalue weighted by molar-refractivity contribution is -0.116. The van der Waals surface area contributed by atoms with E-state index in [4.69, 9.17) is 5.14 Å². The topological polar surface area (TPSA) is 160 Å². The van der Waals surface area contributed by atoms with Crippen LogP contribution in [-0.2, 0) is 19.6 Å². The van der Waals surface area contributed by atoms with Crippen LogP contribution in [0.25, 0.3) is 6.08 Å². The van der Waals surface area contributed by atoms with Crippen LogP contribution in [0.5, 0.6) is 0 Å². The van der Waals surface area contributed by atoms with E-state index < -0.39 is 27.1 Å². The van der Waals surface area contributed by atoms with E-state index in [9.17, 15) is 22.8 Å². The average molecular weight is 664 g/mol. The summed E-state index contributed by atoms with van der Waals surface area (Å²) in [6, 6.07) is 33.8. The van der Waals surface area contributed by atoms with Gasteiger partial charge in [0, 0.05) is 34.2 Å². The number of benzene rings is 4. The molecule has 12 heteroatoms. The summed E-state index contributed by atoms with van der Waals surface area (Å²) in [5, 5.41) is 12.9. The third kappa shape index (κ3) is 9.23. The van der Waals surface area contributed by atoms with Crippen molar-refractivity contribution in [2.45, 2.75) is 15.0 Å². The van der Waals surface area contributed by atoms with Gasteiger partial charge in [0.05, 0.1) is 4.90 Å². The number of carbonyl (C=O) groups is 3. The minimum atomic E-state index is -3.86. The largest absolute Gasteiger partial charge is 0.325 e. The summed E-state index contributed by atoms with van der Waals surface area (Å²) in [5.74, 6) is -1.29. The summed E-state index contributed by atoms with van der Waals surface area (Å²) in [6.45, 7) is 0. The third-order valence-electron chi connectivity index (χ3n) is 6.68. The second-order valence-electron chi connectivity index (χ2n) is 10.1. The van der Waals surface area contributed by atoms with Crippen molar-refractivity contribution < 1.29 is 22.8 Å². The van der Waals surface area contributed by atoms with Crippen LogP contribution in [0.4, 0.5) is 11.4 Å². The highest BCUT2D eigenvalue weighted by atomic mass is 32.2. The molecule has 0 bridgehead atoms. The summed E-state index contributed by atoms with van der Waals surface area (Å²) in [4.78, 5) is 44.5. The van der Waals surface area contributed by atoms with E-state index >= 15 is 0 Å². The number of amides is 3. The zero-order valence-electron chi connectivity index (χ0n) is 24.7. The number of thioether (sulfide) groups is 1. The fourth-order valence-electron chi connectivity index (χ4n) is 4.36. The maximum absolute atomic E-state index is 13.5. The molecule has 1 atom stereocenters. The molecule has 10 nitrogen and oxygen atoms in total. The van der Waals surface area contributed by atoms with Crippen molar-refractivity contribution in [1.29, 1.82) is 0 Å². The van der Waals surface area contributed by atoms with Crippen LogP contribution in [0.2, 0.25) is 0 Å². The smallest absolute Gasteiger partial charge is 0.272 e. The van der Waals surface area contributed by atoms with Crippen LogP contribution >= 0.6 is 11.8 Å². The highest BCUT2D eigenvalue weighted by Crippen LogP contribution is 2.37. The Balaban J connectivity index is 1.31. The molecule has 236 valence electrons. The summed E-state index contributed by atoms with van der Waals surface area (Å²) in [6.07, 6.45) is 4.73. The number of sulfonamides is 1. The lowest BCUT2D eigenvalue weighted by atomic mass is 10.1. The van der Waals surface area contributed by atoms with Crippen molar-refractivity contribution in [3.05, 3.63) is 156 Å². The van der Waals surface area contributed by atoms with Crippen LogP contribution in [0.1, 0.15) is 26.7 Å². The van der Waals surface area contributed by atoms with Crippen molar-refractivity contribution in [1.82, 2.24) is 10.3 Å². The first-order valence-electron chi connectivity index (χ1n) is 14.2. The van der Waals surface area contributed by atoms with Crippen LogP contribution in [0.3, 0.4) is 0 Å². The molecule has 5 N–H and O–H groups in total. The summed E-state index contributed by atoms with van der Waals surface area (Å²) in [7, 11) is -3.86. The molecule has 47 heavy (non-hydrogen) atoms. The van der Waals surface area contributed by atoms with E-state index in [1.54, 1.807) is 85.2 Å². The second-order valence-corrected chi connectivity index (χ2v) is 12.9. The Morgan fingerprint density at radius 2 is 1.36 bits per heavy atom. The zero-order chi connectivity index (χ0) is 33.2. The molecule has 0 saturated carbocycles. The molecule has 0 aliphatic heterocycles.